The molecule has 0 aromatic heterocycles. The highest BCUT2D eigenvalue weighted by molar-refractivity contribution is 5.87. The average Bonchev–Trinajstić information content (AvgIpc) is 2.01. The van der Waals surface area contributed by atoms with Gasteiger partial charge in [-0.3, -0.25) is 9.59 Å². The summed E-state index contributed by atoms with van der Waals surface area (Å²) >= 11 is 0. The molecule has 1 amide bonds. The number of amides is 1. The van der Waals surface area contributed by atoms with Crippen LogP contribution in [0.25, 0.3) is 0 Å². The summed E-state index contributed by atoms with van der Waals surface area (Å²) in [7, 11) is 1.57. The molecular formula is C8H16N2O3. The van der Waals surface area contributed by atoms with Gasteiger partial charge in [0.1, 0.15) is 11.8 Å². The van der Waals surface area contributed by atoms with Gasteiger partial charge in [0.2, 0.25) is 5.91 Å². The quantitative estimate of drug-likeness (QED) is 0.499. The van der Waals surface area contributed by atoms with Gasteiger partial charge < -0.3 is 15.7 Å². The lowest BCUT2D eigenvalue weighted by Gasteiger charge is -2.17. The Hall–Kier alpha value is -0.940. The van der Waals surface area contributed by atoms with Gasteiger partial charge in [0.25, 0.3) is 0 Å². The van der Waals surface area contributed by atoms with Crippen LogP contribution in [0.15, 0.2) is 0 Å². The van der Waals surface area contributed by atoms with Crippen LogP contribution in [0.2, 0.25) is 0 Å². The molecule has 0 saturated heterocycles. The van der Waals surface area contributed by atoms with Crippen LogP contribution < -0.4 is 10.6 Å². The van der Waals surface area contributed by atoms with Gasteiger partial charge in [-0.2, -0.15) is 0 Å². The van der Waals surface area contributed by atoms with Crippen molar-refractivity contribution in [2.24, 2.45) is 0 Å². The molecule has 2 atom stereocenters. The van der Waals surface area contributed by atoms with Crippen molar-refractivity contribution in [3.8, 4) is 0 Å². The van der Waals surface area contributed by atoms with E-state index in [2.05, 4.69) is 10.6 Å². The molecule has 13 heavy (non-hydrogen) atoms. The molecule has 0 radical (unpaired) electrons. The molecule has 0 aliphatic rings. The van der Waals surface area contributed by atoms with Gasteiger partial charge in [-0.25, -0.2) is 0 Å². The first-order valence-corrected chi connectivity index (χ1v) is 4.11. The third-order valence-corrected chi connectivity index (χ3v) is 1.59. The van der Waals surface area contributed by atoms with Crippen LogP contribution in [0, 0.1) is 0 Å². The molecule has 0 fully saturated rings. The molecule has 0 saturated carbocycles. The Morgan fingerprint density at radius 3 is 2.31 bits per heavy atom. The van der Waals surface area contributed by atoms with E-state index in [1.807, 2.05) is 0 Å². The van der Waals surface area contributed by atoms with Crippen LogP contribution in [0.4, 0.5) is 0 Å². The molecule has 0 aliphatic carbocycles. The molecule has 0 aliphatic heterocycles. The fraction of sp³-hybridized carbons (Fsp3) is 0.750. The predicted molar refractivity (Wildman–Crippen MR) is 48.2 cm³/mol. The first-order chi connectivity index (χ1) is 5.99. The summed E-state index contributed by atoms with van der Waals surface area (Å²) in [5.41, 5.74) is 0. The molecule has 76 valence electrons. The van der Waals surface area contributed by atoms with E-state index in [-0.39, 0.29) is 18.2 Å². The third-order valence-electron chi connectivity index (χ3n) is 1.59. The minimum Gasteiger partial charge on any atom is -0.391 e. The maximum atomic E-state index is 11.2. The van der Waals surface area contributed by atoms with Crippen molar-refractivity contribution in [3.63, 3.8) is 0 Å². The van der Waals surface area contributed by atoms with Crippen molar-refractivity contribution in [2.45, 2.75) is 26.0 Å². The number of carbonyl (C=O) groups is 2. The van der Waals surface area contributed by atoms with Crippen LogP contribution in [-0.2, 0) is 9.59 Å². The average molecular weight is 188 g/mol. The summed E-state index contributed by atoms with van der Waals surface area (Å²) < 4.78 is 0. The Morgan fingerprint density at radius 1 is 1.46 bits per heavy atom. The second-order valence-corrected chi connectivity index (χ2v) is 2.93. The monoisotopic (exact) mass is 188 g/mol. The Bertz CT molecular complexity index is 192. The third kappa shape index (κ3) is 4.59. The van der Waals surface area contributed by atoms with Gasteiger partial charge in [0.15, 0.2) is 0 Å². The van der Waals surface area contributed by atoms with Gasteiger partial charge in [0, 0.05) is 0 Å². The van der Waals surface area contributed by atoms with Crippen LogP contribution in [0.5, 0.6) is 0 Å². The fourth-order valence-corrected chi connectivity index (χ4v) is 0.913. The molecule has 0 aromatic carbocycles. The van der Waals surface area contributed by atoms with Crippen molar-refractivity contribution in [2.75, 3.05) is 13.6 Å². The summed E-state index contributed by atoms with van der Waals surface area (Å²) in [4.78, 5) is 21.8. The number of likely N-dealkylation sites (N-methyl/N-ethyl adjacent to an activating group) is 1. The van der Waals surface area contributed by atoms with Crippen molar-refractivity contribution < 1.29 is 14.7 Å². The maximum absolute atomic E-state index is 11.2. The molecule has 0 heterocycles. The summed E-state index contributed by atoms with van der Waals surface area (Å²) in [6, 6.07) is -0.667. The smallest absolute Gasteiger partial charge is 0.240 e. The molecule has 5 heteroatoms. The summed E-state index contributed by atoms with van der Waals surface area (Å²) in [5, 5.41) is 14.2. The number of aliphatic hydroxyl groups is 1. The molecule has 0 spiro atoms. The summed E-state index contributed by atoms with van der Waals surface area (Å²) in [5.74, 6) is -0.485. The first-order valence-electron chi connectivity index (χ1n) is 4.11. The molecule has 5 nitrogen and oxygen atoms in total. The lowest BCUT2D eigenvalue weighted by Crippen LogP contribution is -2.49. The van der Waals surface area contributed by atoms with E-state index in [0.717, 1.165) is 0 Å². The summed E-state index contributed by atoms with van der Waals surface area (Å²) in [6.45, 7) is 2.90. The highest BCUT2D eigenvalue weighted by Gasteiger charge is 2.20. The molecule has 2 unspecified atom stereocenters. The van der Waals surface area contributed by atoms with E-state index in [1.165, 1.54) is 13.8 Å². The van der Waals surface area contributed by atoms with E-state index < -0.39 is 12.1 Å². The summed E-state index contributed by atoms with van der Waals surface area (Å²) in [6.07, 6.45) is -0.781. The second kappa shape index (κ2) is 5.66. The number of nitrogens with one attached hydrogen (secondary N) is 2. The number of Topliss-reactive ketones (excluding diaryl/α,β-unsaturated/α-hetero) is 1. The van der Waals surface area contributed by atoms with E-state index >= 15 is 0 Å². The van der Waals surface area contributed by atoms with Crippen molar-refractivity contribution in [3.05, 3.63) is 0 Å². The largest absolute Gasteiger partial charge is 0.391 e. The lowest BCUT2D eigenvalue weighted by molar-refractivity contribution is -0.127. The standard InChI is InChI=1S/C8H16N2O3/c1-5(11)4-10-8(13)7(9-3)6(2)12/h6-7,9,12H,4H2,1-3H3,(H,10,13). The van der Waals surface area contributed by atoms with Crippen LogP contribution in [0.1, 0.15) is 13.8 Å². The molecule has 0 bridgehead atoms. The minimum atomic E-state index is -0.781. The van der Waals surface area contributed by atoms with E-state index in [9.17, 15) is 9.59 Å². The fourth-order valence-electron chi connectivity index (χ4n) is 0.913. The normalized spacial score (nSPS) is 14.8. The van der Waals surface area contributed by atoms with Gasteiger partial charge >= 0.3 is 0 Å². The Kier molecular flexibility index (Phi) is 5.25. The first kappa shape index (κ1) is 12.1. The molecule has 3 N–H and O–H groups in total. The zero-order valence-electron chi connectivity index (χ0n) is 8.13. The molecular weight excluding hydrogens is 172 g/mol. The SMILES string of the molecule is CNC(C(=O)NCC(C)=O)C(C)O. The number of hydrogen-bond acceptors (Lipinski definition) is 4. The highest BCUT2D eigenvalue weighted by Crippen LogP contribution is 1.91. The van der Waals surface area contributed by atoms with E-state index in [0.29, 0.717) is 0 Å². The zero-order chi connectivity index (χ0) is 10.4. The van der Waals surface area contributed by atoms with Crippen molar-refractivity contribution >= 4 is 11.7 Å². The predicted octanol–water partition coefficient (Wildman–Crippen LogP) is -1.34. The van der Waals surface area contributed by atoms with Crippen molar-refractivity contribution in [1.82, 2.24) is 10.6 Å². The lowest BCUT2D eigenvalue weighted by atomic mass is 10.1. The second-order valence-electron chi connectivity index (χ2n) is 2.93. The maximum Gasteiger partial charge on any atom is 0.240 e. The van der Waals surface area contributed by atoms with Crippen molar-refractivity contribution in [1.29, 1.82) is 0 Å². The number of aliphatic hydroxyl groups excluding tert-OH is 1. The number of rotatable bonds is 5. The van der Waals surface area contributed by atoms with Crippen LogP contribution in [0.3, 0.4) is 0 Å². The Balaban J connectivity index is 3.99. The Labute approximate surface area is 77.5 Å². The molecule has 0 rings (SSSR count). The van der Waals surface area contributed by atoms with Crippen LogP contribution >= 0.6 is 0 Å². The highest BCUT2D eigenvalue weighted by atomic mass is 16.3. The zero-order valence-corrected chi connectivity index (χ0v) is 8.13. The number of hydrogen-bond donors (Lipinski definition) is 3. The van der Waals surface area contributed by atoms with E-state index in [4.69, 9.17) is 5.11 Å². The van der Waals surface area contributed by atoms with E-state index in [1.54, 1.807) is 7.05 Å². The Morgan fingerprint density at radius 2 is 2.00 bits per heavy atom. The number of carbonyl (C=O) groups excluding carboxylic acids is 2. The van der Waals surface area contributed by atoms with Gasteiger partial charge in [-0.05, 0) is 20.9 Å². The number of ketones is 1. The minimum absolute atomic E-state index is 0.00370. The van der Waals surface area contributed by atoms with Crippen LogP contribution in [-0.4, -0.2) is 42.5 Å². The van der Waals surface area contributed by atoms with Gasteiger partial charge in [-0.15, -0.1) is 0 Å². The topological polar surface area (TPSA) is 78.4 Å². The van der Waals surface area contributed by atoms with Gasteiger partial charge in [0.05, 0.1) is 12.6 Å². The van der Waals surface area contributed by atoms with Gasteiger partial charge in [-0.1, -0.05) is 0 Å². The molecule has 0 aromatic rings.